The maximum atomic E-state index is 5.81. The van der Waals surface area contributed by atoms with E-state index >= 15 is 0 Å². The van der Waals surface area contributed by atoms with Crippen LogP contribution in [0.4, 0.5) is 0 Å². The first-order valence-electron chi connectivity index (χ1n) is 7.42. The van der Waals surface area contributed by atoms with Crippen LogP contribution >= 0.6 is 15.9 Å². The van der Waals surface area contributed by atoms with Crippen LogP contribution in [0.15, 0.2) is 39.8 Å². The molecule has 5 heteroatoms. The van der Waals surface area contributed by atoms with Gasteiger partial charge in [-0.25, -0.2) is 0 Å². The van der Waals surface area contributed by atoms with E-state index in [9.17, 15) is 0 Å². The highest BCUT2D eigenvalue weighted by molar-refractivity contribution is 9.11. The second-order valence-corrected chi connectivity index (χ2v) is 5.38. The Morgan fingerprint density at radius 3 is 2.59 bits per heavy atom. The van der Waals surface area contributed by atoms with E-state index in [0.717, 1.165) is 36.5 Å². The molecule has 1 aromatic carbocycles. The molecule has 0 aliphatic heterocycles. The van der Waals surface area contributed by atoms with Gasteiger partial charge >= 0.3 is 0 Å². The van der Waals surface area contributed by atoms with Crippen molar-refractivity contribution in [2.75, 3.05) is 13.1 Å². The molecule has 1 aromatic heterocycles. The molecule has 2 rings (SSSR count). The number of nitrogens with zero attached hydrogens (tertiary/aromatic N) is 2. The van der Waals surface area contributed by atoms with Gasteiger partial charge in [-0.05, 0) is 34.9 Å². The van der Waals surface area contributed by atoms with Crippen molar-refractivity contribution in [2.45, 2.75) is 27.0 Å². The molecule has 118 valence electrons. The number of hydrogen-bond acceptors (Lipinski definition) is 4. The van der Waals surface area contributed by atoms with E-state index in [1.165, 1.54) is 0 Å². The minimum absolute atomic E-state index is 0.473. The van der Waals surface area contributed by atoms with Gasteiger partial charge in [-0.1, -0.05) is 60.1 Å². The van der Waals surface area contributed by atoms with Gasteiger partial charge in [0.25, 0.3) is 5.88 Å². The van der Waals surface area contributed by atoms with Gasteiger partial charge in [0.1, 0.15) is 6.61 Å². The van der Waals surface area contributed by atoms with E-state index in [1.54, 1.807) is 4.99 Å². The molecule has 22 heavy (non-hydrogen) atoms. The van der Waals surface area contributed by atoms with Crippen molar-refractivity contribution in [3.05, 3.63) is 52.2 Å². The topological polar surface area (TPSA) is 38.5 Å². The molecule has 0 aliphatic carbocycles. The van der Waals surface area contributed by atoms with Crippen molar-refractivity contribution in [2.24, 2.45) is 0 Å². The molecule has 0 spiro atoms. The van der Waals surface area contributed by atoms with E-state index in [0.29, 0.717) is 12.5 Å². The third-order valence-corrected chi connectivity index (χ3v) is 3.74. The molecule has 0 aliphatic rings. The number of benzene rings is 1. The summed E-state index contributed by atoms with van der Waals surface area (Å²) in [6.07, 6.45) is 1.91. The quantitative estimate of drug-likeness (QED) is 0.692. The van der Waals surface area contributed by atoms with Gasteiger partial charge < -0.3 is 9.26 Å². The standard InChI is InChI=1S/C17H21BrN2O2/c1-3-20(4-2)12-16-15(10-11-18)17(19-22-16)21-13-14-8-6-5-7-9-14/h5-11H,3-4,12-13H2,1-2H3/b11-10+. The summed E-state index contributed by atoms with van der Waals surface area (Å²) in [7, 11) is 0. The van der Waals surface area contributed by atoms with Crippen LogP contribution in [-0.4, -0.2) is 23.1 Å². The molecule has 2 aromatic rings. The third kappa shape index (κ3) is 4.45. The first-order valence-corrected chi connectivity index (χ1v) is 8.34. The average molecular weight is 365 g/mol. The Bertz CT molecular complexity index is 592. The normalized spacial score (nSPS) is 11.5. The summed E-state index contributed by atoms with van der Waals surface area (Å²) in [6, 6.07) is 10.0. The Hall–Kier alpha value is -1.59. The lowest BCUT2D eigenvalue weighted by atomic mass is 10.2. The fourth-order valence-corrected chi connectivity index (χ4v) is 2.40. The van der Waals surface area contributed by atoms with Gasteiger partial charge in [-0.15, -0.1) is 0 Å². The molecule has 0 fully saturated rings. The first kappa shape index (κ1) is 16.8. The Kier molecular flexibility index (Phi) is 6.68. The van der Waals surface area contributed by atoms with Gasteiger partial charge in [0, 0.05) is 0 Å². The van der Waals surface area contributed by atoms with Crippen LogP contribution < -0.4 is 4.74 Å². The van der Waals surface area contributed by atoms with Gasteiger partial charge in [-0.3, -0.25) is 4.90 Å². The van der Waals surface area contributed by atoms with Gasteiger partial charge in [0.05, 0.1) is 12.1 Å². The van der Waals surface area contributed by atoms with Gasteiger partial charge in [0.15, 0.2) is 5.76 Å². The SMILES string of the molecule is CCN(CC)Cc1onc(OCc2ccccc2)c1/C=C/Br. The lowest BCUT2D eigenvalue weighted by Gasteiger charge is -2.15. The monoisotopic (exact) mass is 364 g/mol. The molecule has 0 saturated carbocycles. The third-order valence-electron chi connectivity index (χ3n) is 3.48. The van der Waals surface area contributed by atoms with Crippen molar-refractivity contribution in [3.8, 4) is 5.88 Å². The Labute approximate surface area is 139 Å². The summed E-state index contributed by atoms with van der Waals surface area (Å²) in [5.41, 5.74) is 1.99. The molecule has 0 N–H and O–H groups in total. The number of halogens is 1. The zero-order chi connectivity index (χ0) is 15.8. The van der Waals surface area contributed by atoms with E-state index in [4.69, 9.17) is 9.26 Å². The number of hydrogen-bond donors (Lipinski definition) is 0. The van der Waals surface area contributed by atoms with Crippen molar-refractivity contribution in [1.29, 1.82) is 0 Å². The lowest BCUT2D eigenvalue weighted by molar-refractivity contribution is 0.238. The first-order chi connectivity index (χ1) is 10.8. The molecular formula is C17H21BrN2O2. The predicted molar refractivity (Wildman–Crippen MR) is 91.9 cm³/mol. The van der Waals surface area contributed by atoms with Crippen LogP contribution in [0.25, 0.3) is 6.08 Å². The second-order valence-electron chi connectivity index (χ2n) is 4.85. The number of rotatable bonds is 8. The van der Waals surface area contributed by atoms with Crippen LogP contribution in [0, 0.1) is 0 Å². The minimum Gasteiger partial charge on any atom is -0.470 e. The fraction of sp³-hybridized carbons (Fsp3) is 0.353. The molecule has 0 unspecified atom stereocenters. The summed E-state index contributed by atoms with van der Waals surface area (Å²) >= 11 is 3.32. The zero-order valence-corrected chi connectivity index (χ0v) is 14.5. The van der Waals surface area contributed by atoms with Crippen molar-refractivity contribution < 1.29 is 9.26 Å². The highest BCUT2D eigenvalue weighted by Gasteiger charge is 2.17. The van der Waals surface area contributed by atoms with Crippen molar-refractivity contribution in [1.82, 2.24) is 10.1 Å². The molecular weight excluding hydrogens is 344 g/mol. The average Bonchev–Trinajstić information content (AvgIpc) is 2.94. The largest absolute Gasteiger partial charge is 0.470 e. The molecule has 1 heterocycles. The number of aromatic nitrogens is 1. The molecule has 0 radical (unpaired) electrons. The summed E-state index contributed by atoms with van der Waals surface area (Å²) < 4.78 is 11.3. The molecule has 0 bridgehead atoms. The van der Waals surface area contributed by atoms with E-state index < -0.39 is 0 Å². The van der Waals surface area contributed by atoms with Crippen LogP contribution in [0.1, 0.15) is 30.7 Å². The molecule has 0 saturated heterocycles. The van der Waals surface area contributed by atoms with Gasteiger partial charge in [-0.2, -0.15) is 0 Å². The molecule has 4 nitrogen and oxygen atoms in total. The predicted octanol–water partition coefficient (Wildman–Crippen LogP) is 4.46. The van der Waals surface area contributed by atoms with Crippen LogP contribution in [0.3, 0.4) is 0 Å². The Morgan fingerprint density at radius 2 is 1.95 bits per heavy atom. The maximum absolute atomic E-state index is 5.81. The van der Waals surface area contributed by atoms with Crippen LogP contribution in [0.5, 0.6) is 5.88 Å². The highest BCUT2D eigenvalue weighted by Crippen LogP contribution is 2.25. The van der Waals surface area contributed by atoms with E-state index in [2.05, 4.69) is 39.8 Å². The van der Waals surface area contributed by atoms with Crippen LogP contribution in [0.2, 0.25) is 0 Å². The smallest absolute Gasteiger partial charge is 0.262 e. The van der Waals surface area contributed by atoms with E-state index in [-0.39, 0.29) is 0 Å². The number of ether oxygens (including phenoxy) is 1. The molecule has 0 atom stereocenters. The van der Waals surface area contributed by atoms with Crippen molar-refractivity contribution >= 4 is 22.0 Å². The summed E-state index contributed by atoms with van der Waals surface area (Å²) in [5.74, 6) is 1.35. The summed E-state index contributed by atoms with van der Waals surface area (Å²) in [4.78, 5) is 4.06. The Balaban J connectivity index is 2.12. The summed E-state index contributed by atoms with van der Waals surface area (Å²) in [6.45, 7) is 7.39. The van der Waals surface area contributed by atoms with Gasteiger partial charge in [0.2, 0.25) is 0 Å². The van der Waals surface area contributed by atoms with Crippen molar-refractivity contribution in [3.63, 3.8) is 0 Å². The van der Waals surface area contributed by atoms with Crippen LogP contribution in [-0.2, 0) is 13.2 Å². The Morgan fingerprint density at radius 1 is 1.23 bits per heavy atom. The summed E-state index contributed by atoms with van der Waals surface area (Å²) in [5, 5.41) is 4.08. The minimum atomic E-state index is 0.473. The van der Waals surface area contributed by atoms with E-state index in [1.807, 2.05) is 36.4 Å². The molecule has 0 amide bonds. The second kappa shape index (κ2) is 8.76. The zero-order valence-electron chi connectivity index (χ0n) is 13.0. The maximum Gasteiger partial charge on any atom is 0.262 e. The fourth-order valence-electron chi connectivity index (χ4n) is 2.14. The lowest BCUT2D eigenvalue weighted by Crippen LogP contribution is -2.22. The highest BCUT2D eigenvalue weighted by atomic mass is 79.9.